The molecule has 3 N–H and O–H groups in total. The lowest BCUT2D eigenvalue weighted by molar-refractivity contribution is 0.310. The maximum atomic E-state index is 5.93. The third kappa shape index (κ3) is 2.19. The van der Waals surface area contributed by atoms with Gasteiger partial charge in [-0.3, -0.25) is 9.55 Å². The molecule has 0 amide bonds. The predicted molar refractivity (Wildman–Crippen MR) is 96.7 cm³/mol. The summed E-state index contributed by atoms with van der Waals surface area (Å²) in [6.45, 7) is 3.18. The number of nitrogen functional groups attached to an aromatic ring is 1. The van der Waals surface area contributed by atoms with Crippen molar-refractivity contribution < 1.29 is 4.63 Å². The molecule has 4 aromatic rings. The summed E-state index contributed by atoms with van der Waals surface area (Å²) >= 11 is 0. The summed E-state index contributed by atoms with van der Waals surface area (Å²) in [7, 11) is 0. The van der Waals surface area contributed by atoms with Gasteiger partial charge in [0.05, 0.1) is 11.7 Å². The van der Waals surface area contributed by atoms with E-state index >= 15 is 0 Å². The number of rotatable bonds is 2. The molecule has 8 heteroatoms. The molecule has 0 spiro atoms. The van der Waals surface area contributed by atoms with E-state index in [-0.39, 0.29) is 5.82 Å². The molecule has 5 rings (SSSR count). The van der Waals surface area contributed by atoms with Crippen LogP contribution in [0.15, 0.2) is 41.3 Å². The Morgan fingerprint density at radius 2 is 2.19 bits per heavy atom. The van der Waals surface area contributed by atoms with E-state index in [1.165, 1.54) is 11.1 Å². The van der Waals surface area contributed by atoms with Crippen LogP contribution in [-0.4, -0.2) is 31.4 Å². The molecule has 130 valence electrons. The van der Waals surface area contributed by atoms with Crippen molar-refractivity contribution in [1.82, 2.24) is 30.2 Å². The number of anilines is 1. The van der Waals surface area contributed by atoms with Gasteiger partial charge in [-0.25, -0.2) is 9.61 Å². The molecule has 8 nitrogen and oxygen atoms in total. The van der Waals surface area contributed by atoms with Gasteiger partial charge in [0.2, 0.25) is 0 Å². The fourth-order valence-corrected chi connectivity index (χ4v) is 3.59. The van der Waals surface area contributed by atoms with Crippen molar-refractivity contribution in [3.63, 3.8) is 0 Å². The van der Waals surface area contributed by atoms with Crippen LogP contribution in [0.4, 0.5) is 5.82 Å². The van der Waals surface area contributed by atoms with E-state index < -0.39 is 0 Å². The smallest absolute Gasteiger partial charge is 0.199 e. The van der Waals surface area contributed by atoms with Crippen LogP contribution in [0.5, 0.6) is 0 Å². The Morgan fingerprint density at radius 1 is 1.27 bits per heavy atom. The summed E-state index contributed by atoms with van der Waals surface area (Å²) in [5.74, 6) is 0.797. The van der Waals surface area contributed by atoms with Gasteiger partial charge in [-0.1, -0.05) is 6.07 Å². The molecule has 0 saturated carbocycles. The van der Waals surface area contributed by atoms with E-state index in [9.17, 15) is 0 Å². The van der Waals surface area contributed by atoms with Gasteiger partial charge < -0.3 is 11.1 Å². The number of hydrogen-bond acceptors (Lipinski definition) is 7. The zero-order chi connectivity index (χ0) is 17.7. The minimum Gasteiger partial charge on any atom is -0.379 e. The second kappa shape index (κ2) is 5.63. The molecule has 0 aliphatic carbocycles. The molecule has 1 unspecified atom stereocenters. The van der Waals surface area contributed by atoms with Crippen molar-refractivity contribution >= 4 is 16.9 Å². The Balaban J connectivity index is 1.79. The number of nitrogens with one attached hydrogen (secondary N) is 1. The van der Waals surface area contributed by atoms with Crippen LogP contribution >= 0.6 is 0 Å². The molecular formula is C18H17N7O. The highest BCUT2D eigenvalue weighted by molar-refractivity contribution is 5.83. The van der Waals surface area contributed by atoms with E-state index in [1.807, 2.05) is 10.6 Å². The molecule has 3 aromatic heterocycles. The Labute approximate surface area is 149 Å². The Hall–Kier alpha value is -3.26. The normalized spacial score (nSPS) is 16.7. The number of nitrogens with two attached hydrogens (primary N) is 1. The zero-order valence-electron chi connectivity index (χ0n) is 14.2. The SMILES string of the molecule is CC1NCCc2ccc(-n3c(-c4nonc4N)nc4cnccc43)cc21. The highest BCUT2D eigenvalue weighted by Crippen LogP contribution is 2.32. The van der Waals surface area contributed by atoms with Gasteiger partial charge in [-0.2, -0.15) is 0 Å². The predicted octanol–water partition coefficient (Wildman–Crippen LogP) is 2.26. The molecule has 0 bridgehead atoms. The highest BCUT2D eigenvalue weighted by atomic mass is 16.6. The first-order chi connectivity index (χ1) is 12.7. The Kier molecular flexibility index (Phi) is 3.26. The van der Waals surface area contributed by atoms with Gasteiger partial charge >= 0.3 is 0 Å². The average molecular weight is 347 g/mol. The summed E-state index contributed by atoms with van der Waals surface area (Å²) in [6, 6.07) is 8.71. The summed E-state index contributed by atoms with van der Waals surface area (Å²) in [6.07, 6.45) is 4.50. The van der Waals surface area contributed by atoms with E-state index in [0.717, 1.165) is 29.7 Å². The summed E-state index contributed by atoms with van der Waals surface area (Å²) in [5.41, 5.74) is 11.7. The van der Waals surface area contributed by atoms with Gasteiger partial charge in [0.1, 0.15) is 5.52 Å². The molecule has 26 heavy (non-hydrogen) atoms. The van der Waals surface area contributed by atoms with Crippen molar-refractivity contribution in [3.8, 4) is 17.2 Å². The van der Waals surface area contributed by atoms with Crippen molar-refractivity contribution in [3.05, 3.63) is 47.8 Å². The first-order valence-corrected chi connectivity index (χ1v) is 8.50. The van der Waals surface area contributed by atoms with Crippen molar-refractivity contribution in [1.29, 1.82) is 0 Å². The second-order valence-electron chi connectivity index (χ2n) is 6.44. The molecular weight excluding hydrogens is 330 g/mol. The zero-order valence-corrected chi connectivity index (χ0v) is 14.2. The number of aromatic nitrogens is 5. The minimum absolute atomic E-state index is 0.211. The van der Waals surface area contributed by atoms with E-state index in [0.29, 0.717) is 17.6 Å². The topological polar surface area (TPSA) is 108 Å². The van der Waals surface area contributed by atoms with Gasteiger partial charge in [0, 0.05) is 17.9 Å². The van der Waals surface area contributed by atoms with Gasteiger partial charge in [0.15, 0.2) is 17.3 Å². The number of fused-ring (bicyclic) bond motifs is 2. The summed E-state index contributed by atoms with van der Waals surface area (Å²) in [4.78, 5) is 8.84. The van der Waals surface area contributed by atoms with Crippen LogP contribution in [0.3, 0.4) is 0 Å². The molecule has 4 heterocycles. The lowest BCUT2D eigenvalue weighted by Gasteiger charge is -2.25. The Morgan fingerprint density at radius 3 is 3.04 bits per heavy atom. The third-order valence-corrected chi connectivity index (χ3v) is 4.88. The van der Waals surface area contributed by atoms with Crippen LogP contribution in [-0.2, 0) is 6.42 Å². The van der Waals surface area contributed by atoms with Gasteiger partial charge in [-0.15, -0.1) is 0 Å². The largest absolute Gasteiger partial charge is 0.379 e. The van der Waals surface area contributed by atoms with Crippen molar-refractivity contribution in [2.75, 3.05) is 12.3 Å². The number of nitrogens with zero attached hydrogens (tertiary/aromatic N) is 5. The van der Waals surface area contributed by atoms with Crippen molar-refractivity contribution in [2.24, 2.45) is 0 Å². The minimum atomic E-state index is 0.211. The molecule has 1 atom stereocenters. The lowest BCUT2D eigenvalue weighted by Crippen LogP contribution is -2.27. The molecule has 1 aliphatic heterocycles. The molecule has 0 saturated heterocycles. The quantitative estimate of drug-likeness (QED) is 0.572. The number of imidazole rings is 1. The fraction of sp³-hybridized carbons (Fsp3) is 0.222. The fourth-order valence-electron chi connectivity index (χ4n) is 3.59. The van der Waals surface area contributed by atoms with E-state index in [4.69, 9.17) is 10.4 Å². The standard InChI is InChI=1S/C18H17N7O/c1-10-13-8-12(3-2-11(13)4-7-21-10)25-15-5-6-20-9-14(15)22-18(25)16-17(19)24-26-23-16/h2-3,5-6,8-10,21H,4,7H2,1H3,(H2,19,24). The highest BCUT2D eigenvalue weighted by Gasteiger charge is 2.22. The van der Waals surface area contributed by atoms with E-state index in [2.05, 4.69) is 50.7 Å². The van der Waals surface area contributed by atoms with Gasteiger partial charge in [-0.05, 0) is 59.5 Å². The number of benzene rings is 1. The van der Waals surface area contributed by atoms with E-state index in [1.54, 1.807) is 12.4 Å². The van der Waals surface area contributed by atoms with Crippen LogP contribution in [0.1, 0.15) is 24.1 Å². The van der Waals surface area contributed by atoms with Crippen LogP contribution < -0.4 is 11.1 Å². The van der Waals surface area contributed by atoms with Crippen LogP contribution in [0.25, 0.3) is 28.2 Å². The maximum absolute atomic E-state index is 5.93. The van der Waals surface area contributed by atoms with Crippen LogP contribution in [0.2, 0.25) is 0 Å². The third-order valence-electron chi connectivity index (χ3n) is 4.88. The average Bonchev–Trinajstić information content (AvgIpc) is 3.25. The molecule has 0 fully saturated rings. The first-order valence-electron chi connectivity index (χ1n) is 8.50. The van der Waals surface area contributed by atoms with Crippen molar-refractivity contribution in [2.45, 2.75) is 19.4 Å². The second-order valence-corrected chi connectivity index (χ2v) is 6.44. The lowest BCUT2D eigenvalue weighted by atomic mass is 9.94. The molecule has 1 aromatic carbocycles. The monoisotopic (exact) mass is 347 g/mol. The maximum Gasteiger partial charge on any atom is 0.199 e. The van der Waals surface area contributed by atoms with Gasteiger partial charge in [0.25, 0.3) is 0 Å². The summed E-state index contributed by atoms with van der Waals surface area (Å²) in [5, 5.41) is 11.1. The number of hydrogen-bond donors (Lipinski definition) is 2. The molecule has 0 radical (unpaired) electrons. The molecule has 1 aliphatic rings. The summed E-state index contributed by atoms with van der Waals surface area (Å²) < 4.78 is 6.81. The van der Waals surface area contributed by atoms with Crippen LogP contribution in [0, 0.1) is 0 Å². The number of pyridine rings is 1. The Bertz CT molecular complexity index is 1110. The first kappa shape index (κ1) is 15.0.